The Kier molecular flexibility index (Phi) is 3.57. The van der Waals surface area contributed by atoms with E-state index in [1.807, 2.05) is 0 Å². The van der Waals surface area contributed by atoms with Crippen molar-refractivity contribution in [2.45, 2.75) is 31.8 Å². The van der Waals surface area contributed by atoms with Gasteiger partial charge in [-0.2, -0.15) is 0 Å². The number of benzene rings is 1. The van der Waals surface area contributed by atoms with E-state index in [9.17, 15) is 9.59 Å². The molecule has 3 rings (SSSR count). The van der Waals surface area contributed by atoms with Gasteiger partial charge in [-0.15, -0.1) is 0 Å². The molecule has 0 bridgehead atoms. The first kappa shape index (κ1) is 13.3. The molecule has 1 aliphatic heterocycles. The van der Waals surface area contributed by atoms with E-state index in [-0.39, 0.29) is 17.9 Å². The van der Waals surface area contributed by atoms with Gasteiger partial charge in [0.1, 0.15) is 0 Å². The largest absolute Gasteiger partial charge is 0.381 e. The van der Waals surface area contributed by atoms with Crippen LogP contribution in [0.1, 0.15) is 46.4 Å². The highest BCUT2D eigenvalue weighted by molar-refractivity contribution is 6.21. The van der Waals surface area contributed by atoms with Crippen LogP contribution < -0.4 is 0 Å². The summed E-state index contributed by atoms with van der Waals surface area (Å²) in [6.07, 6.45) is 4.45. The van der Waals surface area contributed by atoms with E-state index >= 15 is 0 Å². The minimum Gasteiger partial charge on any atom is -0.381 e. The summed E-state index contributed by atoms with van der Waals surface area (Å²) in [5.74, 6) is 0.0613. The van der Waals surface area contributed by atoms with Crippen LogP contribution in [0.3, 0.4) is 0 Å². The van der Waals surface area contributed by atoms with E-state index in [4.69, 9.17) is 4.74 Å². The number of amides is 2. The summed E-state index contributed by atoms with van der Waals surface area (Å²) >= 11 is 0. The molecule has 1 aromatic carbocycles. The molecule has 0 saturated heterocycles. The Bertz CT molecular complexity index is 505. The first-order valence-electron chi connectivity index (χ1n) is 7.18. The van der Waals surface area contributed by atoms with Gasteiger partial charge in [-0.05, 0) is 37.3 Å². The van der Waals surface area contributed by atoms with Gasteiger partial charge in [-0.25, -0.2) is 0 Å². The third-order valence-electron chi connectivity index (χ3n) is 4.39. The molecular formula is C16H19NO3. The van der Waals surface area contributed by atoms with Crippen LogP contribution >= 0.6 is 0 Å². The van der Waals surface area contributed by atoms with Crippen molar-refractivity contribution in [3.8, 4) is 0 Å². The Hall–Kier alpha value is -1.68. The molecular weight excluding hydrogens is 254 g/mol. The van der Waals surface area contributed by atoms with Crippen LogP contribution in [0.25, 0.3) is 0 Å². The zero-order valence-electron chi connectivity index (χ0n) is 11.7. The van der Waals surface area contributed by atoms with Gasteiger partial charge in [0.15, 0.2) is 0 Å². The highest BCUT2D eigenvalue weighted by Crippen LogP contribution is 2.30. The smallest absolute Gasteiger partial charge is 0.261 e. The van der Waals surface area contributed by atoms with E-state index in [0.29, 0.717) is 23.6 Å². The molecule has 1 saturated carbocycles. The predicted octanol–water partition coefficient (Wildman–Crippen LogP) is 2.49. The zero-order chi connectivity index (χ0) is 14.1. The zero-order valence-corrected chi connectivity index (χ0v) is 11.7. The van der Waals surface area contributed by atoms with Crippen LogP contribution in [0.15, 0.2) is 24.3 Å². The molecule has 0 N–H and O–H groups in total. The standard InChI is InChI=1S/C16H19NO3/c1-20-12-6-4-5-11(9-12)10-17-15(18)13-7-2-3-8-14(13)16(17)19/h2-3,7-8,11-12H,4-6,9-10H2,1H3/t11-,12-/m1/s1. The number of ether oxygens (including phenoxy) is 1. The van der Waals surface area contributed by atoms with Crippen LogP contribution in [-0.2, 0) is 4.74 Å². The number of hydrogen-bond donors (Lipinski definition) is 0. The molecule has 0 unspecified atom stereocenters. The van der Waals surface area contributed by atoms with Gasteiger partial charge in [0, 0.05) is 13.7 Å². The highest BCUT2D eigenvalue weighted by atomic mass is 16.5. The second-order valence-electron chi connectivity index (χ2n) is 5.66. The molecule has 0 radical (unpaired) electrons. The lowest BCUT2D eigenvalue weighted by Gasteiger charge is -2.30. The minimum absolute atomic E-state index is 0.148. The fourth-order valence-electron chi connectivity index (χ4n) is 3.28. The normalized spacial score (nSPS) is 25.9. The van der Waals surface area contributed by atoms with Gasteiger partial charge in [0.2, 0.25) is 0 Å². The number of rotatable bonds is 3. The van der Waals surface area contributed by atoms with Crippen LogP contribution in [0.2, 0.25) is 0 Å². The van der Waals surface area contributed by atoms with Crippen molar-refractivity contribution in [1.29, 1.82) is 0 Å². The molecule has 1 aromatic rings. The lowest BCUT2D eigenvalue weighted by atomic mass is 9.87. The summed E-state index contributed by atoms with van der Waals surface area (Å²) in [4.78, 5) is 26.0. The SMILES string of the molecule is CO[C@@H]1CCC[C@@H](CN2C(=O)c3ccccc3C2=O)C1. The first-order valence-corrected chi connectivity index (χ1v) is 7.18. The van der Waals surface area contributed by atoms with E-state index in [1.54, 1.807) is 31.4 Å². The summed E-state index contributed by atoms with van der Waals surface area (Å²) in [6, 6.07) is 7.06. The van der Waals surface area contributed by atoms with Crippen LogP contribution in [-0.4, -0.2) is 36.5 Å². The van der Waals surface area contributed by atoms with Crippen molar-refractivity contribution in [1.82, 2.24) is 4.90 Å². The molecule has 0 spiro atoms. The summed E-state index contributed by atoms with van der Waals surface area (Å²) in [7, 11) is 1.73. The van der Waals surface area contributed by atoms with Gasteiger partial charge in [-0.1, -0.05) is 18.6 Å². The van der Waals surface area contributed by atoms with Gasteiger partial charge < -0.3 is 4.74 Å². The number of fused-ring (bicyclic) bond motifs is 1. The van der Waals surface area contributed by atoms with Crippen LogP contribution in [0, 0.1) is 5.92 Å². The third-order valence-corrected chi connectivity index (χ3v) is 4.39. The number of carbonyl (C=O) groups is 2. The molecule has 0 aromatic heterocycles. The second kappa shape index (κ2) is 5.37. The number of imide groups is 1. The van der Waals surface area contributed by atoms with Crippen LogP contribution in [0.5, 0.6) is 0 Å². The molecule has 1 heterocycles. The number of hydrogen-bond acceptors (Lipinski definition) is 3. The predicted molar refractivity (Wildman–Crippen MR) is 74.6 cm³/mol. The molecule has 2 aliphatic rings. The van der Waals surface area contributed by atoms with Crippen molar-refractivity contribution < 1.29 is 14.3 Å². The van der Waals surface area contributed by atoms with Crippen molar-refractivity contribution >= 4 is 11.8 Å². The molecule has 4 nitrogen and oxygen atoms in total. The van der Waals surface area contributed by atoms with Crippen molar-refractivity contribution in [3.05, 3.63) is 35.4 Å². The molecule has 1 fully saturated rings. The Morgan fingerprint density at radius 1 is 1.15 bits per heavy atom. The summed E-state index contributed by atoms with van der Waals surface area (Å²) in [5, 5.41) is 0. The van der Waals surface area contributed by atoms with Gasteiger partial charge in [-0.3, -0.25) is 14.5 Å². The maximum Gasteiger partial charge on any atom is 0.261 e. The molecule has 20 heavy (non-hydrogen) atoms. The van der Waals surface area contributed by atoms with Crippen molar-refractivity contribution in [2.24, 2.45) is 5.92 Å². The lowest BCUT2D eigenvalue weighted by Crippen LogP contribution is -2.37. The van der Waals surface area contributed by atoms with E-state index in [2.05, 4.69) is 0 Å². The fourth-order valence-corrected chi connectivity index (χ4v) is 3.28. The minimum atomic E-state index is -0.148. The average molecular weight is 273 g/mol. The number of methoxy groups -OCH3 is 1. The van der Waals surface area contributed by atoms with Crippen molar-refractivity contribution in [2.75, 3.05) is 13.7 Å². The summed E-state index contributed by atoms with van der Waals surface area (Å²) in [5.41, 5.74) is 1.08. The Balaban J connectivity index is 1.73. The Labute approximate surface area is 118 Å². The van der Waals surface area contributed by atoms with Gasteiger partial charge >= 0.3 is 0 Å². The Morgan fingerprint density at radius 2 is 1.80 bits per heavy atom. The first-order chi connectivity index (χ1) is 9.70. The molecule has 2 amide bonds. The lowest BCUT2D eigenvalue weighted by molar-refractivity contribution is 0.0375. The highest BCUT2D eigenvalue weighted by Gasteiger charge is 2.37. The summed E-state index contributed by atoms with van der Waals surface area (Å²) < 4.78 is 5.41. The van der Waals surface area contributed by atoms with E-state index in [1.165, 1.54) is 4.90 Å². The van der Waals surface area contributed by atoms with Crippen molar-refractivity contribution in [3.63, 3.8) is 0 Å². The maximum absolute atomic E-state index is 12.3. The van der Waals surface area contributed by atoms with Crippen LogP contribution in [0.4, 0.5) is 0 Å². The van der Waals surface area contributed by atoms with Gasteiger partial charge in [0.05, 0.1) is 17.2 Å². The van der Waals surface area contributed by atoms with Gasteiger partial charge in [0.25, 0.3) is 11.8 Å². The van der Waals surface area contributed by atoms with E-state index < -0.39 is 0 Å². The fraction of sp³-hybridized carbons (Fsp3) is 0.500. The average Bonchev–Trinajstić information content (AvgIpc) is 2.73. The summed E-state index contributed by atoms with van der Waals surface area (Å²) in [6.45, 7) is 0.520. The number of carbonyl (C=O) groups excluding carboxylic acids is 2. The molecule has 4 heteroatoms. The third kappa shape index (κ3) is 2.24. The monoisotopic (exact) mass is 273 g/mol. The maximum atomic E-state index is 12.3. The molecule has 2 atom stereocenters. The second-order valence-corrected chi connectivity index (χ2v) is 5.66. The molecule has 106 valence electrons. The van der Waals surface area contributed by atoms with E-state index in [0.717, 1.165) is 25.7 Å². The topological polar surface area (TPSA) is 46.6 Å². The Morgan fingerprint density at radius 3 is 2.40 bits per heavy atom. The number of nitrogens with zero attached hydrogens (tertiary/aromatic N) is 1. The quantitative estimate of drug-likeness (QED) is 0.795. The molecule has 1 aliphatic carbocycles.